The minimum Gasteiger partial charge on any atom is -0.267 e. The van der Waals surface area contributed by atoms with Crippen LogP contribution < -0.4 is 0 Å². The summed E-state index contributed by atoms with van der Waals surface area (Å²) in [6.45, 7) is 7.71. The van der Waals surface area contributed by atoms with Crippen molar-refractivity contribution in [2.75, 3.05) is 19.1 Å². The summed E-state index contributed by atoms with van der Waals surface area (Å²) in [4.78, 5) is 0. The molecule has 0 saturated heterocycles. The quantitative estimate of drug-likeness (QED) is 0.780. The zero-order chi connectivity index (χ0) is 11.0. The zero-order valence-corrected chi connectivity index (χ0v) is 11.0. The summed E-state index contributed by atoms with van der Waals surface area (Å²) in [7, 11) is 0. The largest absolute Gasteiger partial charge is 0.267 e. The molecule has 86 valence electrons. The van der Waals surface area contributed by atoms with Crippen molar-refractivity contribution in [3.63, 3.8) is 0 Å². The van der Waals surface area contributed by atoms with Gasteiger partial charge in [-0.3, -0.25) is 8.99 Å². The van der Waals surface area contributed by atoms with Gasteiger partial charge in [-0.1, -0.05) is 13.8 Å². The standard InChI is InChI=1S/C11H21N3S/c1-9(2)11-7-10-8-13(15(3)4)5-6-14(10)12-11/h7,9,15H,5-6,8H2,1-4H3. The van der Waals surface area contributed by atoms with E-state index in [1.165, 1.54) is 11.4 Å². The topological polar surface area (TPSA) is 21.1 Å². The van der Waals surface area contributed by atoms with Crippen molar-refractivity contribution in [2.45, 2.75) is 32.9 Å². The van der Waals surface area contributed by atoms with E-state index in [0.29, 0.717) is 5.92 Å². The average molecular weight is 227 g/mol. The van der Waals surface area contributed by atoms with Gasteiger partial charge in [-0.15, -0.1) is 0 Å². The summed E-state index contributed by atoms with van der Waals surface area (Å²) in [6, 6.07) is 2.27. The van der Waals surface area contributed by atoms with E-state index in [2.05, 4.69) is 46.5 Å². The van der Waals surface area contributed by atoms with Crippen LogP contribution in [0.1, 0.15) is 31.2 Å². The van der Waals surface area contributed by atoms with Gasteiger partial charge in [0.25, 0.3) is 0 Å². The van der Waals surface area contributed by atoms with Crippen LogP contribution in [0.3, 0.4) is 0 Å². The lowest BCUT2D eigenvalue weighted by Gasteiger charge is -2.32. The van der Waals surface area contributed by atoms with Crippen molar-refractivity contribution in [1.82, 2.24) is 14.1 Å². The molecule has 0 radical (unpaired) electrons. The minimum atomic E-state index is 0.0431. The predicted molar refractivity (Wildman–Crippen MR) is 67.6 cm³/mol. The van der Waals surface area contributed by atoms with Crippen LogP contribution in [0.15, 0.2) is 6.07 Å². The van der Waals surface area contributed by atoms with Gasteiger partial charge in [0.15, 0.2) is 0 Å². The van der Waals surface area contributed by atoms with Crippen LogP contribution in [0.25, 0.3) is 0 Å². The van der Waals surface area contributed by atoms with Gasteiger partial charge in [-0.25, -0.2) is 11.1 Å². The minimum absolute atomic E-state index is 0.0431. The first kappa shape index (κ1) is 11.0. The van der Waals surface area contributed by atoms with Crippen LogP contribution in [-0.4, -0.2) is 33.1 Å². The molecule has 0 N–H and O–H groups in total. The van der Waals surface area contributed by atoms with E-state index < -0.39 is 0 Å². The predicted octanol–water partition coefficient (Wildman–Crippen LogP) is 2.00. The third-order valence-electron chi connectivity index (χ3n) is 2.95. The molecule has 2 heterocycles. The summed E-state index contributed by atoms with van der Waals surface area (Å²) in [5.74, 6) is 0.543. The van der Waals surface area contributed by atoms with Crippen molar-refractivity contribution in [3.05, 3.63) is 17.5 Å². The summed E-state index contributed by atoms with van der Waals surface area (Å²) in [6.07, 6.45) is 4.65. The Bertz CT molecular complexity index is 344. The van der Waals surface area contributed by atoms with E-state index in [1.54, 1.807) is 0 Å². The van der Waals surface area contributed by atoms with Gasteiger partial charge in [0, 0.05) is 13.1 Å². The Morgan fingerprint density at radius 1 is 1.33 bits per heavy atom. The number of rotatable bonds is 2. The number of aromatic nitrogens is 2. The van der Waals surface area contributed by atoms with Crippen LogP contribution in [0, 0.1) is 0 Å². The lowest BCUT2D eigenvalue weighted by atomic mass is 10.1. The molecule has 0 saturated carbocycles. The Labute approximate surface area is 94.9 Å². The van der Waals surface area contributed by atoms with E-state index in [9.17, 15) is 0 Å². The molecule has 4 heteroatoms. The molecule has 1 aliphatic heterocycles. The lowest BCUT2D eigenvalue weighted by molar-refractivity contribution is 0.352. The first-order valence-electron chi connectivity index (χ1n) is 5.56. The molecule has 1 aromatic rings. The number of nitrogens with zero attached hydrogens (tertiary/aromatic N) is 3. The fraction of sp³-hybridized carbons (Fsp3) is 0.727. The highest BCUT2D eigenvalue weighted by Gasteiger charge is 2.19. The van der Waals surface area contributed by atoms with E-state index in [4.69, 9.17) is 0 Å². The monoisotopic (exact) mass is 227 g/mol. The molecule has 0 aliphatic carbocycles. The second-order valence-corrected chi connectivity index (χ2v) is 6.93. The maximum absolute atomic E-state index is 4.64. The van der Waals surface area contributed by atoms with Gasteiger partial charge < -0.3 is 0 Å². The van der Waals surface area contributed by atoms with Crippen molar-refractivity contribution < 1.29 is 0 Å². The van der Waals surface area contributed by atoms with Crippen molar-refractivity contribution in [2.24, 2.45) is 0 Å². The Balaban J connectivity index is 2.19. The highest BCUT2D eigenvalue weighted by Crippen LogP contribution is 2.28. The van der Waals surface area contributed by atoms with Gasteiger partial charge in [0.05, 0.1) is 17.9 Å². The summed E-state index contributed by atoms with van der Waals surface area (Å²) in [5.41, 5.74) is 2.63. The third-order valence-corrected chi connectivity index (χ3v) is 4.43. The molecule has 0 unspecified atom stereocenters. The molecule has 2 rings (SSSR count). The Morgan fingerprint density at radius 3 is 2.67 bits per heavy atom. The Kier molecular flexibility index (Phi) is 3.07. The molecule has 1 aromatic heterocycles. The fourth-order valence-electron chi connectivity index (χ4n) is 1.90. The van der Waals surface area contributed by atoms with Crippen molar-refractivity contribution in [3.8, 4) is 0 Å². The molecule has 0 atom stereocenters. The molecule has 0 spiro atoms. The maximum Gasteiger partial charge on any atom is 0.0653 e. The van der Waals surface area contributed by atoms with E-state index in [1.807, 2.05) is 0 Å². The fourth-order valence-corrected chi connectivity index (χ4v) is 2.82. The van der Waals surface area contributed by atoms with Crippen LogP contribution in [-0.2, 0) is 13.1 Å². The number of hydrogen-bond acceptors (Lipinski definition) is 2. The van der Waals surface area contributed by atoms with Crippen molar-refractivity contribution >= 4 is 11.1 Å². The average Bonchev–Trinajstić information content (AvgIpc) is 2.59. The highest BCUT2D eigenvalue weighted by atomic mass is 32.2. The van der Waals surface area contributed by atoms with Crippen LogP contribution >= 0.6 is 11.1 Å². The molecular formula is C11H21N3S. The number of fused-ring (bicyclic) bond motifs is 1. The van der Waals surface area contributed by atoms with Crippen LogP contribution in [0.2, 0.25) is 0 Å². The molecule has 0 amide bonds. The molecule has 0 fully saturated rings. The maximum atomic E-state index is 4.64. The number of thiol groups is 1. The second kappa shape index (κ2) is 4.18. The Morgan fingerprint density at radius 2 is 2.07 bits per heavy atom. The molecule has 1 aliphatic rings. The van der Waals surface area contributed by atoms with E-state index in [0.717, 1.165) is 19.6 Å². The van der Waals surface area contributed by atoms with Gasteiger partial charge in [-0.2, -0.15) is 5.10 Å². The highest BCUT2D eigenvalue weighted by molar-refractivity contribution is 8.13. The third kappa shape index (κ3) is 2.21. The van der Waals surface area contributed by atoms with Gasteiger partial charge >= 0.3 is 0 Å². The SMILES string of the molecule is CC(C)c1cc2n(n1)CCN([SH](C)C)C2. The molecule has 0 aromatic carbocycles. The summed E-state index contributed by atoms with van der Waals surface area (Å²) >= 11 is 0.0431. The van der Waals surface area contributed by atoms with E-state index >= 15 is 0 Å². The van der Waals surface area contributed by atoms with Gasteiger partial charge in [0.1, 0.15) is 0 Å². The zero-order valence-electron chi connectivity index (χ0n) is 10.1. The van der Waals surface area contributed by atoms with Gasteiger partial charge in [-0.05, 0) is 24.5 Å². The molecule has 15 heavy (non-hydrogen) atoms. The molecule has 3 nitrogen and oxygen atoms in total. The first-order valence-corrected chi connectivity index (χ1v) is 7.75. The molecule has 0 bridgehead atoms. The summed E-state index contributed by atoms with van der Waals surface area (Å²) in [5, 5.41) is 4.64. The van der Waals surface area contributed by atoms with E-state index in [-0.39, 0.29) is 11.1 Å². The normalized spacial score (nSPS) is 18.1. The Hall–Kier alpha value is -0.480. The smallest absolute Gasteiger partial charge is 0.0653 e. The second-order valence-electron chi connectivity index (χ2n) is 4.67. The van der Waals surface area contributed by atoms with Gasteiger partial charge in [0.2, 0.25) is 0 Å². The van der Waals surface area contributed by atoms with Crippen LogP contribution in [0.5, 0.6) is 0 Å². The molecular weight excluding hydrogens is 206 g/mol. The lowest BCUT2D eigenvalue weighted by Crippen LogP contribution is -2.31. The first-order chi connectivity index (χ1) is 7.08. The van der Waals surface area contributed by atoms with Crippen molar-refractivity contribution in [1.29, 1.82) is 0 Å². The summed E-state index contributed by atoms with van der Waals surface area (Å²) < 4.78 is 4.75. The number of hydrogen-bond donors (Lipinski definition) is 1. The van der Waals surface area contributed by atoms with Crippen LogP contribution in [0.4, 0.5) is 0 Å².